The van der Waals surface area contributed by atoms with E-state index < -0.39 is 0 Å². The molecule has 3 aliphatic rings. The Kier molecular flexibility index (Phi) is 4.76. The Bertz CT molecular complexity index is 772. The van der Waals surface area contributed by atoms with E-state index in [1.807, 2.05) is 30.3 Å². The van der Waals surface area contributed by atoms with Gasteiger partial charge in [0.1, 0.15) is 11.5 Å². The van der Waals surface area contributed by atoms with Crippen LogP contribution in [0.2, 0.25) is 0 Å². The monoisotopic (exact) mass is 365 g/mol. The van der Waals surface area contributed by atoms with Gasteiger partial charge in [-0.2, -0.15) is 0 Å². The summed E-state index contributed by atoms with van der Waals surface area (Å²) in [5.41, 5.74) is 2.45. The lowest BCUT2D eigenvalue weighted by Gasteiger charge is -2.46. The van der Waals surface area contributed by atoms with Gasteiger partial charge in [-0.05, 0) is 61.9 Å². The van der Waals surface area contributed by atoms with Gasteiger partial charge in [-0.1, -0.05) is 18.2 Å². The van der Waals surface area contributed by atoms with Crippen LogP contribution in [-0.2, 0) is 9.47 Å². The third-order valence-electron chi connectivity index (χ3n) is 6.23. The molecule has 0 aliphatic carbocycles. The van der Waals surface area contributed by atoms with Gasteiger partial charge < -0.3 is 19.5 Å². The van der Waals surface area contributed by atoms with Gasteiger partial charge in [0, 0.05) is 43.0 Å². The Hall–Kier alpha value is -2.04. The number of ether oxygens (including phenoxy) is 3. The molecular weight excluding hydrogens is 338 g/mol. The van der Waals surface area contributed by atoms with E-state index in [-0.39, 0.29) is 6.10 Å². The Balaban J connectivity index is 1.44. The molecule has 0 bridgehead atoms. The normalized spacial score (nSPS) is 27.9. The van der Waals surface area contributed by atoms with Crippen LogP contribution in [0.3, 0.4) is 0 Å². The standard InChI is InChI=1S/C23H27NO3/c1-2-5-17(6-3-1)27-18-8-9-21-20(15-18)23-19(7-4-12-26-23)22(24-21)16-10-13-25-14-11-16/h1-3,5-6,8-9,15-16,19,22-24H,4,7,10-14H2/t19-,22+,23?/m0/s1. The fourth-order valence-corrected chi connectivity index (χ4v) is 4.92. The van der Waals surface area contributed by atoms with Crippen molar-refractivity contribution in [3.63, 3.8) is 0 Å². The molecule has 1 unspecified atom stereocenters. The maximum absolute atomic E-state index is 6.31. The second kappa shape index (κ2) is 7.53. The Morgan fingerprint density at radius 3 is 2.59 bits per heavy atom. The maximum atomic E-state index is 6.31. The van der Waals surface area contributed by atoms with Crippen LogP contribution in [0.15, 0.2) is 48.5 Å². The van der Waals surface area contributed by atoms with Crippen molar-refractivity contribution in [1.29, 1.82) is 0 Å². The first kappa shape index (κ1) is 17.1. The Morgan fingerprint density at radius 2 is 1.74 bits per heavy atom. The fourth-order valence-electron chi connectivity index (χ4n) is 4.92. The van der Waals surface area contributed by atoms with Crippen LogP contribution in [0, 0.1) is 11.8 Å². The number of anilines is 1. The summed E-state index contributed by atoms with van der Waals surface area (Å²) in [5.74, 6) is 2.93. The molecule has 4 nitrogen and oxygen atoms in total. The van der Waals surface area contributed by atoms with E-state index in [9.17, 15) is 0 Å². The van der Waals surface area contributed by atoms with E-state index >= 15 is 0 Å². The highest BCUT2D eigenvalue weighted by molar-refractivity contribution is 5.59. The van der Waals surface area contributed by atoms with Gasteiger partial charge in [-0.25, -0.2) is 0 Å². The molecule has 0 spiro atoms. The summed E-state index contributed by atoms with van der Waals surface area (Å²) < 4.78 is 18.0. The highest BCUT2D eigenvalue weighted by Crippen LogP contribution is 2.48. The van der Waals surface area contributed by atoms with Crippen molar-refractivity contribution >= 4 is 5.69 Å². The number of rotatable bonds is 3. The van der Waals surface area contributed by atoms with Gasteiger partial charge in [0.2, 0.25) is 0 Å². The van der Waals surface area contributed by atoms with Gasteiger partial charge in [-0.15, -0.1) is 0 Å². The third kappa shape index (κ3) is 3.44. The molecule has 1 N–H and O–H groups in total. The van der Waals surface area contributed by atoms with Crippen LogP contribution in [0.4, 0.5) is 5.69 Å². The molecule has 3 atom stereocenters. The van der Waals surface area contributed by atoms with E-state index in [0.29, 0.717) is 17.9 Å². The average Bonchev–Trinajstić information content (AvgIpc) is 2.75. The quantitative estimate of drug-likeness (QED) is 0.815. The molecule has 142 valence electrons. The maximum Gasteiger partial charge on any atom is 0.127 e. The summed E-state index contributed by atoms with van der Waals surface area (Å²) in [4.78, 5) is 0. The Morgan fingerprint density at radius 1 is 0.889 bits per heavy atom. The van der Waals surface area contributed by atoms with Crippen LogP contribution >= 0.6 is 0 Å². The zero-order valence-corrected chi connectivity index (χ0v) is 15.6. The summed E-state index contributed by atoms with van der Waals surface area (Å²) in [6, 6.07) is 16.8. The van der Waals surface area contributed by atoms with Gasteiger partial charge >= 0.3 is 0 Å². The van der Waals surface area contributed by atoms with Crippen molar-refractivity contribution in [3.05, 3.63) is 54.1 Å². The van der Waals surface area contributed by atoms with E-state index in [4.69, 9.17) is 14.2 Å². The number of hydrogen-bond donors (Lipinski definition) is 1. The average molecular weight is 365 g/mol. The first-order valence-corrected chi connectivity index (χ1v) is 10.2. The molecular formula is C23H27NO3. The van der Waals surface area contributed by atoms with Crippen molar-refractivity contribution in [2.45, 2.75) is 37.8 Å². The van der Waals surface area contributed by atoms with Crippen LogP contribution in [0.25, 0.3) is 0 Å². The Labute approximate surface area is 160 Å². The first-order chi connectivity index (χ1) is 13.4. The smallest absolute Gasteiger partial charge is 0.127 e. The molecule has 27 heavy (non-hydrogen) atoms. The first-order valence-electron chi connectivity index (χ1n) is 10.2. The predicted molar refractivity (Wildman–Crippen MR) is 105 cm³/mol. The van der Waals surface area contributed by atoms with Gasteiger partial charge in [0.15, 0.2) is 0 Å². The van der Waals surface area contributed by atoms with Crippen LogP contribution in [-0.4, -0.2) is 25.9 Å². The molecule has 5 rings (SSSR count). The van der Waals surface area contributed by atoms with Crippen LogP contribution < -0.4 is 10.1 Å². The summed E-state index contributed by atoms with van der Waals surface area (Å²) in [6.45, 7) is 2.63. The molecule has 4 heteroatoms. The lowest BCUT2D eigenvalue weighted by atomic mass is 9.73. The van der Waals surface area contributed by atoms with Crippen molar-refractivity contribution in [1.82, 2.24) is 0 Å². The molecule has 0 aromatic heterocycles. The molecule has 0 saturated carbocycles. The molecule has 3 aliphatic heterocycles. The lowest BCUT2D eigenvalue weighted by molar-refractivity contribution is -0.0518. The molecule has 0 amide bonds. The SMILES string of the molecule is c1ccc(Oc2ccc3c(c2)C2OCCC[C@H]2[C@@H](C2CCOCC2)N3)cc1. The largest absolute Gasteiger partial charge is 0.457 e. The fraction of sp³-hybridized carbons (Fsp3) is 0.478. The van der Waals surface area contributed by atoms with Crippen molar-refractivity contribution < 1.29 is 14.2 Å². The van der Waals surface area contributed by atoms with Crippen molar-refractivity contribution in [2.75, 3.05) is 25.1 Å². The molecule has 2 fully saturated rings. The number of fused-ring (bicyclic) bond motifs is 3. The van der Waals surface area contributed by atoms with E-state index in [0.717, 1.165) is 50.6 Å². The minimum atomic E-state index is 0.169. The highest BCUT2D eigenvalue weighted by Gasteiger charge is 2.42. The summed E-state index contributed by atoms with van der Waals surface area (Å²) >= 11 is 0. The third-order valence-corrected chi connectivity index (χ3v) is 6.23. The highest BCUT2D eigenvalue weighted by atomic mass is 16.5. The molecule has 2 saturated heterocycles. The van der Waals surface area contributed by atoms with Crippen LogP contribution in [0.1, 0.15) is 37.4 Å². The summed E-state index contributed by atoms with van der Waals surface area (Å²) in [6.07, 6.45) is 4.83. The molecule has 0 radical (unpaired) electrons. The van der Waals surface area contributed by atoms with E-state index in [2.05, 4.69) is 23.5 Å². The van der Waals surface area contributed by atoms with Gasteiger partial charge in [-0.3, -0.25) is 0 Å². The topological polar surface area (TPSA) is 39.7 Å². The van der Waals surface area contributed by atoms with Crippen molar-refractivity contribution in [3.8, 4) is 11.5 Å². The van der Waals surface area contributed by atoms with E-state index in [1.165, 1.54) is 17.7 Å². The summed E-state index contributed by atoms with van der Waals surface area (Å²) in [5, 5.41) is 3.87. The molecule has 3 heterocycles. The van der Waals surface area contributed by atoms with E-state index in [1.54, 1.807) is 0 Å². The zero-order valence-electron chi connectivity index (χ0n) is 15.6. The lowest BCUT2D eigenvalue weighted by Crippen LogP contribution is -2.46. The van der Waals surface area contributed by atoms with Gasteiger partial charge in [0.25, 0.3) is 0 Å². The summed E-state index contributed by atoms with van der Waals surface area (Å²) in [7, 11) is 0. The number of nitrogens with one attached hydrogen (secondary N) is 1. The minimum Gasteiger partial charge on any atom is -0.457 e. The second-order valence-electron chi connectivity index (χ2n) is 7.88. The van der Waals surface area contributed by atoms with Crippen molar-refractivity contribution in [2.24, 2.45) is 11.8 Å². The predicted octanol–water partition coefficient (Wildman–Crippen LogP) is 5.17. The number of hydrogen-bond acceptors (Lipinski definition) is 4. The molecule has 2 aromatic carbocycles. The number of benzene rings is 2. The zero-order chi connectivity index (χ0) is 18.1. The second-order valence-corrected chi connectivity index (χ2v) is 7.88. The minimum absolute atomic E-state index is 0.169. The van der Waals surface area contributed by atoms with Crippen LogP contribution in [0.5, 0.6) is 11.5 Å². The number of para-hydroxylation sites is 1. The molecule has 2 aromatic rings. The van der Waals surface area contributed by atoms with Gasteiger partial charge in [0.05, 0.1) is 6.10 Å².